The quantitative estimate of drug-likeness (QED) is 0.621. The molecule has 0 amide bonds. The monoisotopic (exact) mass is 202 g/mol. The van der Waals surface area contributed by atoms with Crippen LogP contribution in [-0.4, -0.2) is 36.6 Å². The predicted octanol–water partition coefficient (Wildman–Crippen LogP) is 1.18. The molecule has 0 unspecified atom stereocenters. The summed E-state index contributed by atoms with van der Waals surface area (Å²) in [7, 11) is 0. The van der Waals surface area contributed by atoms with Crippen molar-refractivity contribution in [1.82, 2.24) is 0 Å². The summed E-state index contributed by atoms with van der Waals surface area (Å²) in [5, 5.41) is 18.5. The van der Waals surface area contributed by atoms with E-state index in [1.54, 1.807) is 0 Å². The maximum atomic E-state index is 9.25. The number of aliphatic hydroxyl groups excluding tert-OH is 2. The molecular weight excluding hydrogens is 180 g/mol. The van der Waals surface area contributed by atoms with Crippen molar-refractivity contribution >= 4 is 0 Å². The van der Waals surface area contributed by atoms with Gasteiger partial charge in [-0.3, -0.25) is 0 Å². The summed E-state index contributed by atoms with van der Waals surface area (Å²) in [5.41, 5.74) is -0.413. The molecule has 0 atom stereocenters. The minimum absolute atomic E-state index is 0.0159. The van der Waals surface area contributed by atoms with Crippen LogP contribution >= 0.6 is 0 Å². The molecule has 84 valence electrons. The van der Waals surface area contributed by atoms with Crippen LogP contribution in [-0.2, 0) is 4.74 Å². The minimum Gasteiger partial charge on any atom is -0.396 e. The van der Waals surface area contributed by atoms with Crippen LogP contribution in [0.1, 0.15) is 32.6 Å². The van der Waals surface area contributed by atoms with Gasteiger partial charge in [0.25, 0.3) is 0 Å². The smallest absolute Gasteiger partial charge is 0.0566 e. The lowest BCUT2D eigenvalue weighted by Gasteiger charge is -2.29. The molecule has 0 heterocycles. The molecule has 3 nitrogen and oxygen atoms in total. The Kier molecular flexibility index (Phi) is 4.85. The summed E-state index contributed by atoms with van der Waals surface area (Å²) in [5.74, 6) is 0.742. The minimum atomic E-state index is -0.413. The van der Waals surface area contributed by atoms with Crippen molar-refractivity contribution in [2.45, 2.75) is 32.6 Å². The Morgan fingerprint density at radius 2 is 1.93 bits per heavy atom. The molecule has 1 fully saturated rings. The van der Waals surface area contributed by atoms with Gasteiger partial charge < -0.3 is 14.9 Å². The number of hydrogen-bond donors (Lipinski definition) is 2. The molecule has 1 rings (SSSR count). The summed E-state index contributed by atoms with van der Waals surface area (Å²) >= 11 is 0. The predicted molar refractivity (Wildman–Crippen MR) is 55.1 cm³/mol. The van der Waals surface area contributed by atoms with Gasteiger partial charge in [-0.2, -0.15) is 0 Å². The van der Waals surface area contributed by atoms with Crippen LogP contribution in [0, 0.1) is 11.3 Å². The van der Waals surface area contributed by atoms with E-state index in [-0.39, 0.29) is 13.2 Å². The van der Waals surface area contributed by atoms with Gasteiger partial charge in [0.05, 0.1) is 19.8 Å². The summed E-state index contributed by atoms with van der Waals surface area (Å²) in [6, 6.07) is 0. The first-order valence-electron chi connectivity index (χ1n) is 5.56. The molecule has 0 aliphatic heterocycles. The maximum Gasteiger partial charge on any atom is 0.0566 e. The van der Waals surface area contributed by atoms with Crippen LogP contribution in [0.4, 0.5) is 0 Å². The molecule has 14 heavy (non-hydrogen) atoms. The van der Waals surface area contributed by atoms with E-state index in [1.807, 2.05) is 0 Å². The summed E-state index contributed by atoms with van der Waals surface area (Å²) in [4.78, 5) is 0. The molecule has 1 aliphatic rings. The molecule has 1 saturated carbocycles. The fourth-order valence-electron chi connectivity index (χ4n) is 1.63. The Labute approximate surface area is 86.1 Å². The van der Waals surface area contributed by atoms with Gasteiger partial charge in [-0.1, -0.05) is 13.3 Å². The maximum absolute atomic E-state index is 9.25. The van der Waals surface area contributed by atoms with Crippen molar-refractivity contribution in [3.63, 3.8) is 0 Å². The number of ether oxygens (including phenoxy) is 1. The number of rotatable bonds is 8. The van der Waals surface area contributed by atoms with Crippen LogP contribution in [0.5, 0.6) is 0 Å². The largest absolute Gasteiger partial charge is 0.396 e. The van der Waals surface area contributed by atoms with Gasteiger partial charge in [-0.05, 0) is 25.2 Å². The normalized spacial score (nSPS) is 17.4. The Morgan fingerprint density at radius 3 is 2.36 bits per heavy atom. The zero-order chi connectivity index (χ0) is 10.4. The van der Waals surface area contributed by atoms with Crippen LogP contribution in [0.2, 0.25) is 0 Å². The van der Waals surface area contributed by atoms with E-state index in [4.69, 9.17) is 4.74 Å². The third kappa shape index (κ3) is 3.56. The third-order valence-corrected chi connectivity index (χ3v) is 2.91. The van der Waals surface area contributed by atoms with Crippen LogP contribution in [0.15, 0.2) is 0 Å². The summed E-state index contributed by atoms with van der Waals surface area (Å²) in [6.07, 6.45) is 4.34. The average molecular weight is 202 g/mol. The van der Waals surface area contributed by atoms with Crippen molar-refractivity contribution < 1.29 is 14.9 Å². The van der Waals surface area contributed by atoms with Crippen molar-refractivity contribution in [3.8, 4) is 0 Å². The van der Waals surface area contributed by atoms with Gasteiger partial charge in [0.2, 0.25) is 0 Å². The Hall–Kier alpha value is -0.120. The fourth-order valence-corrected chi connectivity index (χ4v) is 1.63. The lowest BCUT2D eigenvalue weighted by Crippen LogP contribution is -2.35. The third-order valence-electron chi connectivity index (χ3n) is 2.91. The highest BCUT2D eigenvalue weighted by Gasteiger charge is 2.29. The zero-order valence-electron chi connectivity index (χ0n) is 9.04. The molecule has 0 aromatic heterocycles. The first-order chi connectivity index (χ1) is 6.76. The Bertz CT molecular complexity index is 151. The van der Waals surface area contributed by atoms with Gasteiger partial charge in [-0.15, -0.1) is 0 Å². The first kappa shape index (κ1) is 12.0. The Balaban J connectivity index is 2.23. The van der Waals surface area contributed by atoms with E-state index in [2.05, 4.69) is 6.92 Å². The first-order valence-corrected chi connectivity index (χ1v) is 5.56. The molecule has 2 N–H and O–H groups in total. The molecule has 1 aliphatic carbocycles. The Morgan fingerprint density at radius 1 is 1.29 bits per heavy atom. The van der Waals surface area contributed by atoms with Crippen molar-refractivity contribution in [1.29, 1.82) is 0 Å². The lowest BCUT2D eigenvalue weighted by atomic mass is 9.86. The van der Waals surface area contributed by atoms with E-state index in [0.29, 0.717) is 6.61 Å². The molecule has 0 aromatic rings. The van der Waals surface area contributed by atoms with Gasteiger partial charge in [0.1, 0.15) is 0 Å². The van der Waals surface area contributed by atoms with Crippen molar-refractivity contribution in [3.05, 3.63) is 0 Å². The second-order valence-electron chi connectivity index (χ2n) is 4.52. The summed E-state index contributed by atoms with van der Waals surface area (Å²) < 4.78 is 5.54. The van der Waals surface area contributed by atoms with Gasteiger partial charge >= 0.3 is 0 Å². The van der Waals surface area contributed by atoms with E-state index < -0.39 is 5.41 Å². The average Bonchev–Trinajstić information content (AvgIpc) is 3.00. The van der Waals surface area contributed by atoms with Crippen molar-refractivity contribution in [2.75, 3.05) is 26.4 Å². The van der Waals surface area contributed by atoms with E-state index in [1.165, 1.54) is 12.8 Å². The molecule has 0 spiro atoms. The molecule has 0 bridgehead atoms. The van der Waals surface area contributed by atoms with Gasteiger partial charge in [0, 0.05) is 12.0 Å². The molecule has 3 heteroatoms. The highest BCUT2D eigenvalue weighted by molar-refractivity contribution is 4.78. The van der Waals surface area contributed by atoms with E-state index in [9.17, 15) is 10.2 Å². The van der Waals surface area contributed by atoms with Crippen molar-refractivity contribution in [2.24, 2.45) is 11.3 Å². The second kappa shape index (κ2) is 5.69. The van der Waals surface area contributed by atoms with Crippen LogP contribution in [0.25, 0.3) is 0 Å². The van der Waals surface area contributed by atoms with Crippen LogP contribution in [0.3, 0.4) is 0 Å². The zero-order valence-corrected chi connectivity index (χ0v) is 9.04. The highest BCUT2D eigenvalue weighted by Crippen LogP contribution is 2.30. The molecular formula is C11H22O3. The lowest BCUT2D eigenvalue weighted by molar-refractivity contribution is -0.0355. The molecule has 0 radical (unpaired) electrons. The SMILES string of the molecule is CCCC(CO)(CO)COCC1CC1. The van der Waals surface area contributed by atoms with E-state index in [0.717, 1.165) is 25.4 Å². The van der Waals surface area contributed by atoms with Crippen LogP contribution < -0.4 is 0 Å². The summed E-state index contributed by atoms with van der Waals surface area (Å²) in [6.45, 7) is 3.38. The molecule has 0 saturated heterocycles. The van der Waals surface area contributed by atoms with Gasteiger partial charge in [0.15, 0.2) is 0 Å². The second-order valence-corrected chi connectivity index (χ2v) is 4.52. The fraction of sp³-hybridized carbons (Fsp3) is 1.00. The standard InChI is InChI=1S/C11H22O3/c1-2-5-11(7-12,8-13)9-14-6-10-3-4-10/h10,12-13H,2-9H2,1H3. The molecule has 0 aromatic carbocycles. The number of aliphatic hydroxyl groups is 2. The van der Waals surface area contributed by atoms with E-state index >= 15 is 0 Å². The topological polar surface area (TPSA) is 49.7 Å². The number of hydrogen-bond acceptors (Lipinski definition) is 3. The highest BCUT2D eigenvalue weighted by atomic mass is 16.5. The van der Waals surface area contributed by atoms with Gasteiger partial charge in [-0.25, -0.2) is 0 Å².